The molecule has 0 aliphatic heterocycles. The summed E-state index contributed by atoms with van der Waals surface area (Å²) in [5.41, 5.74) is 5.51. The number of rotatable bonds is 16. The summed E-state index contributed by atoms with van der Waals surface area (Å²) in [6, 6.07) is 17.7. The number of aliphatic hydroxyl groups excluding tert-OH is 1. The third-order valence-electron chi connectivity index (χ3n) is 5.50. The number of benzene rings is 3. The second kappa shape index (κ2) is 14.3. The topological polar surface area (TPSA) is 181 Å². The van der Waals surface area contributed by atoms with Crippen LogP contribution in [0, 0.1) is 20.2 Å². The minimum atomic E-state index is -0.894. The normalized spacial score (nSPS) is 11.5. The number of nitrogens with zero attached hydrogens (tertiary/aromatic N) is 3. The molecule has 1 atom stereocenters. The maximum Gasteiger partial charge on any atom is 0.269 e. The first kappa shape index (κ1) is 28.8. The summed E-state index contributed by atoms with van der Waals surface area (Å²) >= 11 is 0. The van der Waals surface area contributed by atoms with Crippen molar-refractivity contribution in [1.29, 1.82) is 0 Å². The van der Waals surface area contributed by atoms with Gasteiger partial charge in [-0.15, -0.1) is 0 Å². The van der Waals surface area contributed by atoms with Crippen LogP contribution in [0.15, 0.2) is 72.8 Å². The fraction of sp³-hybridized carbons (Fsp3) is 0.269. The fourth-order valence-electron chi connectivity index (χ4n) is 3.47. The first-order chi connectivity index (χ1) is 18.7. The number of aliphatic hydroxyl groups is 1. The Morgan fingerprint density at radius 2 is 1.18 bits per heavy atom. The molecule has 0 aromatic heterocycles. The van der Waals surface area contributed by atoms with Crippen LogP contribution in [-0.4, -0.2) is 71.3 Å². The molecular weight excluding hydrogens is 512 g/mol. The summed E-state index contributed by atoms with van der Waals surface area (Å²) in [4.78, 5) is 33.7. The van der Waals surface area contributed by atoms with Gasteiger partial charge in [0.2, 0.25) is 5.91 Å². The highest BCUT2D eigenvalue weighted by Gasteiger charge is 2.14. The third kappa shape index (κ3) is 9.57. The van der Waals surface area contributed by atoms with Gasteiger partial charge in [-0.2, -0.15) is 0 Å². The van der Waals surface area contributed by atoms with E-state index < -0.39 is 21.9 Å². The second-order valence-electron chi connectivity index (χ2n) is 8.35. The molecule has 0 bridgehead atoms. The standard InChI is InChI=1S/C26H28N4O9/c27-26(32)19-1-7-23(8-2-19)37-15-13-28(14-16-38-24-9-3-20(4-10-24)29(33)34)17-22(31)18-39-25-11-5-21(6-12-25)30(35)36/h1-12,22,31H,13-18H2,(H2,27,32). The van der Waals surface area contributed by atoms with E-state index in [2.05, 4.69) is 0 Å². The van der Waals surface area contributed by atoms with Crippen molar-refractivity contribution < 1.29 is 34.0 Å². The molecule has 3 rings (SSSR count). The SMILES string of the molecule is NC(=O)c1ccc(OCCN(CCOc2ccc([N+](=O)[O-])cc2)CC(O)COc2ccc([N+](=O)[O-])cc2)cc1. The Bertz CT molecular complexity index is 1170. The number of ether oxygens (including phenoxy) is 3. The molecule has 0 spiro atoms. The summed E-state index contributed by atoms with van der Waals surface area (Å²) in [6.07, 6.45) is -0.894. The van der Waals surface area contributed by atoms with Gasteiger partial charge in [-0.3, -0.25) is 29.9 Å². The third-order valence-corrected chi connectivity index (χ3v) is 5.50. The average molecular weight is 541 g/mol. The summed E-state index contributed by atoms with van der Waals surface area (Å²) in [7, 11) is 0. The van der Waals surface area contributed by atoms with E-state index in [-0.39, 0.29) is 37.7 Å². The number of hydrogen-bond acceptors (Lipinski definition) is 10. The van der Waals surface area contributed by atoms with Crippen LogP contribution in [0.5, 0.6) is 17.2 Å². The van der Waals surface area contributed by atoms with Crippen LogP contribution in [0.3, 0.4) is 0 Å². The van der Waals surface area contributed by atoms with Gasteiger partial charge in [0.1, 0.15) is 43.2 Å². The lowest BCUT2D eigenvalue weighted by Crippen LogP contribution is -2.40. The van der Waals surface area contributed by atoms with Crippen LogP contribution in [0.25, 0.3) is 0 Å². The number of primary amides is 1. The summed E-state index contributed by atoms with van der Waals surface area (Å²) < 4.78 is 17.0. The Morgan fingerprint density at radius 3 is 1.59 bits per heavy atom. The minimum Gasteiger partial charge on any atom is -0.492 e. The van der Waals surface area contributed by atoms with Gasteiger partial charge >= 0.3 is 0 Å². The van der Waals surface area contributed by atoms with E-state index in [1.54, 1.807) is 24.3 Å². The van der Waals surface area contributed by atoms with Crippen molar-refractivity contribution in [2.24, 2.45) is 5.73 Å². The first-order valence-electron chi connectivity index (χ1n) is 11.9. The van der Waals surface area contributed by atoms with E-state index in [0.717, 1.165) is 0 Å². The number of hydrogen-bond donors (Lipinski definition) is 2. The van der Waals surface area contributed by atoms with Gasteiger partial charge in [0, 0.05) is 49.5 Å². The summed E-state index contributed by atoms with van der Waals surface area (Å²) in [6.45, 7) is 1.48. The molecule has 0 aliphatic carbocycles. The van der Waals surface area contributed by atoms with Gasteiger partial charge in [-0.05, 0) is 48.5 Å². The number of nitrogens with two attached hydrogens (primary N) is 1. The minimum absolute atomic E-state index is 0.0406. The van der Waals surface area contributed by atoms with E-state index in [9.17, 15) is 30.1 Å². The van der Waals surface area contributed by atoms with E-state index in [1.165, 1.54) is 48.5 Å². The predicted octanol–water partition coefficient (Wildman–Crippen LogP) is 2.80. The quantitative estimate of drug-likeness (QED) is 0.202. The van der Waals surface area contributed by atoms with E-state index >= 15 is 0 Å². The molecule has 0 saturated carbocycles. The van der Waals surface area contributed by atoms with Crippen molar-refractivity contribution in [2.75, 3.05) is 39.5 Å². The highest BCUT2D eigenvalue weighted by Crippen LogP contribution is 2.19. The van der Waals surface area contributed by atoms with Crippen molar-refractivity contribution in [1.82, 2.24) is 4.90 Å². The van der Waals surface area contributed by atoms with Crippen LogP contribution in [-0.2, 0) is 0 Å². The number of carbonyl (C=O) groups excluding carboxylic acids is 1. The monoisotopic (exact) mass is 540 g/mol. The van der Waals surface area contributed by atoms with E-state index in [1.807, 2.05) is 4.90 Å². The highest BCUT2D eigenvalue weighted by atomic mass is 16.6. The lowest BCUT2D eigenvalue weighted by atomic mass is 10.2. The van der Waals surface area contributed by atoms with Crippen molar-refractivity contribution in [3.63, 3.8) is 0 Å². The molecule has 0 heterocycles. The number of nitro groups is 2. The Balaban J connectivity index is 1.53. The Labute approximate surface area is 223 Å². The molecule has 0 saturated heterocycles. The maximum absolute atomic E-state index is 11.2. The van der Waals surface area contributed by atoms with Crippen molar-refractivity contribution in [2.45, 2.75) is 6.10 Å². The molecule has 13 heteroatoms. The molecule has 0 radical (unpaired) electrons. The molecule has 3 aromatic rings. The fourth-order valence-corrected chi connectivity index (χ4v) is 3.47. The zero-order valence-corrected chi connectivity index (χ0v) is 20.9. The molecule has 3 N–H and O–H groups in total. The zero-order chi connectivity index (χ0) is 28.2. The number of carbonyl (C=O) groups is 1. The zero-order valence-electron chi connectivity index (χ0n) is 20.9. The van der Waals surface area contributed by atoms with Gasteiger partial charge in [-0.25, -0.2) is 0 Å². The molecule has 1 amide bonds. The van der Waals surface area contributed by atoms with Crippen molar-refractivity contribution >= 4 is 17.3 Å². The second-order valence-corrected chi connectivity index (χ2v) is 8.35. The van der Waals surface area contributed by atoms with Crippen LogP contribution < -0.4 is 19.9 Å². The van der Waals surface area contributed by atoms with Crippen LogP contribution in [0.1, 0.15) is 10.4 Å². The van der Waals surface area contributed by atoms with E-state index in [4.69, 9.17) is 19.9 Å². The highest BCUT2D eigenvalue weighted by molar-refractivity contribution is 5.92. The molecular formula is C26H28N4O9. The Morgan fingerprint density at radius 1 is 0.769 bits per heavy atom. The van der Waals surface area contributed by atoms with E-state index in [0.29, 0.717) is 35.9 Å². The van der Waals surface area contributed by atoms with Crippen molar-refractivity contribution in [3.8, 4) is 17.2 Å². The molecule has 0 fully saturated rings. The van der Waals surface area contributed by atoms with Gasteiger partial charge in [0.25, 0.3) is 11.4 Å². The smallest absolute Gasteiger partial charge is 0.269 e. The average Bonchev–Trinajstić information content (AvgIpc) is 2.92. The van der Waals surface area contributed by atoms with Gasteiger partial charge in [-0.1, -0.05) is 0 Å². The van der Waals surface area contributed by atoms with Gasteiger partial charge in [0.05, 0.1) is 9.85 Å². The molecule has 1 unspecified atom stereocenters. The largest absolute Gasteiger partial charge is 0.492 e. The Hall–Kier alpha value is -4.75. The summed E-state index contributed by atoms with van der Waals surface area (Å²) in [5, 5.41) is 32.2. The first-order valence-corrected chi connectivity index (χ1v) is 11.9. The van der Waals surface area contributed by atoms with Gasteiger partial charge in [0.15, 0.2) is 0 Å². The van der Waals surface area contributed by atoms with Crippen LogP contribution in [0.2, 0.25) is 0 Å². The molecule has 3 aromatic carbocycles. The van der Waals surface area contributed by atoms with Crippen LogP contribution >= 0.6 is 0 Å². The molecule has 206 valence electrons. The number of non-ortho nitro benzene ring substituents is 2. The van der Waals surface area contributed by atoms with Crippen LogP contribution in [0.4, 0.5) is 11.4 Å². The lowest BCUT2D eigenvalue weighted by molar-refractivity contribution is -0.385. The predicted molar refractivity (Wildman–Crippen MR) is 140 cm³/mol. The van der Waals surface area contributed by atoms with Gasteiger partial charge < -0.3 is 25.1 Å². The molecule has 0 aliphatic rings. The maximum atomic E-state index is 11.2. The molecule has 13 nitrogen and oxygen atoms in total. The van der Waals surface area contributed by atoms with Crippen molar-refractivity contribution in [3.05, 3.63) is 98.6 Å². The Kier molecular flexibility index (Phi) is 10.5. The summed E-state index contributed by atoms with van der Waals surface area (Å²) in [5.74, 6) is 0.860. The number of amides is 1. The lowest BCUT2D eigenvalue weighted by Gasteiger charge is -2.25. The molecule has 39 heavy (non-hydrogen) atoms. The number of nitro benzene ring substituents is 2.